The number of rotatable bonds is 7. The van der Waals surface area contributed by atoms with E-state index in [0.717, 1.165) is 0 Å². The summed E-state index contributed by atoms with van der Waals surface area (Å²) in [6, 6.07) is 2.01. The van der Waals surface area contributed by atoms with Crippen LogP contribution in [0.15, 0.2) is 12.3 Å². The number of nitrogens with zero attached hydrogens (tertiary/aromatic N) is 2. The zero-order chi connectivity index (χ0) is 14.4. The van der Waals surface area contributed by atoms with Crippen molar-refractivity contribution in [2.75, 3.05) is 13.2 Å². The molecule has 0 fully saturated rings. The molecule has 0 spiro atoms. The van der Waals surface area contributed by atoms with E-state index in [9.17, 15) is 4.79 Å². The van der Waals surface area contributed by atoms with Gasteiger partial charge < -0.3 is 10.1 Å². The zero-order valence-corrected chi connectivity index (χ0v) is 12.5. The summed E-state index contributed by atoms with van der Waals surface area (Å²) >= 11 is 0. The summed E-state index contributed by atoms with van der Waals surface area (Å²) in [6.45, 7) is 11.3. The molecule has 1 amide bonds. The Morgan fingerprint density at radius 1 is 1.42 bits per heavy atom. The molecule has 0 aliphatic heterocycles. The quantitative estimate of drug-likeness (QED) is 0.824. The molecule has 1 rings (SSSR count). The number of nitrogens with one attached hydrogen (secondary N) is 1. The maximum Gasteiger partial charge on any atom is 0.272 e. The lowest BCUT2D eigenvalue weighted by atomic mass is 10.1. The fraction of sp³-hybridized carbons (Fsp3) is 0.714. The molecule has 19 heavy (non-hydrogen) atoms. The third-order valence-electron chi connectivity index (χ3n) is 2.99. The normalized spacial score (nSPS) is 13.0. The Morgan fingerprint density at radius 3 is 2.58 bits per heavy atom. The molecule has 108 valence electrons. The fourth-order valence-corrected chi connectivity index (χ4v) is 1.63. The summed E-state index contributed by atoms with van der Waals surface area (Å²) in [4.78, 5) is 12.1. The third kappa shape index (κ3) is 4.67. The summed E-state index contributed by atoms with van der Waals surface area (Å²) in [6.07, 6.45) is 1.83. The first-order valence-corrected chi connectivity index (χ1v) is 6.89. The average Bonchev–Trinajstić information content (AvgIpc) is 2.83. The SMILES string of the molecule is CCOC[C@H](NC(=O)c1ccn(C(C)C)n1)C(C)C. The number of aromatic nitrogens is 2. The van der Waals surface area contributed by atoms with Gasteiger partial charge in [0.25, 0.3) is 5.91 Å². The van der Waals surface area contributed by atoms with Gasteiger partial charge in [0, 0.05) is 18.8 Å². The van der Waals surface area contributed by atoms with E-state index in [0.29, 0.717) is 24.8 Å². The van der Waals surface area contributed by atoms with Crippen LogP contribution in [0.3, 0.4) is 0 Å². The molecule has 0 aromatic carbocycles. The van der Waals surface area contributed by atoms with Crippen molar-refractivity contribution >= 4 is 5.91 Å². The van der Waals surface area contributed by atoms with Crippen LogP contribution in [-0.4, -0.2) is 34.9 Å². The van der Waals surface area contributed by atoms with Crippen LogP contribution in [0.25, 0.3) is 0 Å². The molecule has 0 aliphatic carbocycles. The Kier molecular flexibility index (Phi) is 6.02. The summed E-state index contributed by atoms with van der Waals surface area (Å²) < 4.78 is 7.18. The molecule has 5 heteroatoms. The van der Waals surface area contributed by atoms with Gasteiger partial charge in [-0.1, -0.05) is 13.8 Å². The van der Waals surface area contributed by atoms with Gasteiger partial charge in [0.15, 0.2) is 0 Å². The van der Waals surface area contributed by atoms with Crippen LogP contribution in [0.1, 0.15) is 51.1 Å². The van der Waals surface area contributed by atoms with Crippen molar-refractivity contribution in [1.29, 1.82) is 0 Å². The lowest BCUT2D eigenvalue weighted by molar-refractivity contribution is 0.0801. The van der Waals surface area contributed by atoms with E-state index >= 15 is 0 Å². The molecule has 0 unspecified atom stereocenters. The zero-order valence-electron chi connectivity index (χ0n) is 12.5. The van der Waals surface area contributed by atoms with Gasteiger partial charge in [0.1, 0.15) is 5.69 Å². The number of carbonyl (C=O) groups is 1. The minimum Gasteiger partial charge on any atom is -0.380 e. The van der Waals surface area contributed by atoms with Crippen LogP contribution in [0, 0.1) is 5.92 Å². The third-order valence-corrected chi connectivity index (χ3v) is 2.99. The second kappa shape index (κ2) is 7.28. The van der Waals surface area contributed by atoms with Crippen molar-refractivity contribution in [3.8, 4) is 0 Å². The maximum atomic E-state index is 12.1. The van der Waals surface area contributed by atoms with Crippen LogP contribution in [-0.2, 0) is 4.74 Å². The molecule has 1 heterocycles. The number of amides is 1. The van der Waals surface area contributed by atoms with E-state index in [1.54, 1.807) is 10.7 Å². The Labute approximate surface area is 115 Å². The summed E-state index contributed by atoms with van der Waals surface area (Å²) in [5, 5.41) is 7.25. The molecular weight excluding hydrogens is 242 g/mol. The van der Waals surface area contributed by atoms with Crippen molar-refractivity contribution in [2.24, 2.45) is 5.92 Å². The van der Waals surface area contributed by atoms with Crippen LogP contribution >= 0.6 is 0 Å². The van der Waals surface area contributed by atoms with Gasteiger partial charge in [-0.3, -0.25) is 9.48 Å². The molecule has 1 aromatic heterocycles. The molecule has 0 saturated heterocycles. The van der Waals surface area contributed by atoms with Crippen molar-refractivity contribution < 1.29 is 9.53 Å². The Hall–Kier alpha value is -1.36. The van der Waals surface area contributed by atoms with Crippen molar-refractivity contribution in [1.82, 2.24) is 15.1 Å². The first kappa shape index (κ1) is 15.7. The van der Waals surface area contributed by atoms with Crippen LogP contribution in [0.4, 0.5) is 0 Å². The van der Waals surface area contributed by atoms with E-state index < -0.39 is 0 Å². The minimum atomic E-state index is -0.141. The average molecular weight is 267 g/mol. The fourth-order valence-electron chi connectivity index (χ4n) is 1.63. The van der Waals surface area contributed by atoms with Crippen LogP contribution in [0.5, 0.6) is 0 Å². The molecule has 1 aromatic rings. The minimum absolute atomic E-state index is 0.0108. The van der Waals surface area contributed by atoms with Crippen molar-refractivity contribution in [2.45, 2.75) is 46.7 Å². The van der Waals surface area contributed by atoms with Crippen LogP contribution in [0.2, 0.25) is 0 Å². The molecule has 0 radical (unpaired) electrons. The van der Waals surface area contributed by atoms with E-state index in [-0.39, 0.29) is 18.0 Å². The Morgan fingerprint density at radius 2 is 2.11 bits per heavy atom. The largest absolute Gasteiger partial charge is 0.380 e. The topological polar surface area (TPSA) is 56.1 Å². The number of carbonyl (C=O) groups excluding carboxylic acids is 1. The molecule has 5 nitrogen and oxygen atoms in total. The first-order valence-electron chi connectivity index (χ1n) is 6.89. The van der Waals surface area contributed by atoms with E-state index in [2.05, 4.69) is 24.3 Å². The van der Waals surface area contributed by atoms with E-state index in [1.165, 1.54) is 0 Å². The predicted molar refractivity (Wildman–Crippen MR) is 75.2 cm³/mol. The smallest absolute Gasteiger partial charge is 0.272 e. The van der Waals surface area contributed by atoms with Gasteiger partial charge >= 0.3 is 0 Å². The van der Waals surface area contributed by atoms with Gasteiger partial charge in [-0.25, -0.2) is 0 Å². The molecule has 0 aliphatic rings. The molecule has 1 N–H and O–H groups in total. The highest BCUT2D eigenvalue weighted by Crippen LogP contribution is 2.07. The predicted octanol–water partition coefficient (Wildman–Crippen LogP) is 2.25. The standard InChI is InChI=1S/C14H25N3O2/c1-6-19-9-13(10(2)3)15-14(18)12-7-8-17(16-12)11(4)5/h7-8,10-11,13H,6,9H2,1-5H3,(H,15,18)/t13-/m0/s1. The highest BCUT2D eigenvalue weighted by Gasteiger charge is 2.19. The van der Waals surface area contributed by atoms with Crippen molar-refractivity contribution in [3.05, 3.63) is 18.0 Å². The van der Waals surface area contributed by atoms with Gasteiger partial charge in [-0.2, -0.15) is 5.10 Å². The van der Waals surface area contributed by atoms with Gasteiger partial charge in [0.2, 0.25) is 0 Å². The van der Waals surface area contributed by atoms with Gasteiger partial charge in [-0.05, 0) is 32.8 Å². The first-order chi connectivity index (χ1) is 8.95. The monoisotopic (exact) mass is 267 g/mol. The maximum absolute atomic E-state index is 12.1. The highest BCUT2D eigenvalue weighted by atomic mass is 16.5. The van der Waals surface area contributed by atoms with Crippen molar-refractivity contribution in [3.63, 3.8) is 0 Å². The van der Waals surface area contributed by atoms with E-state index in [1.807, 2.05) is 27.0 Å². The second-order valence-corrected chi connectivity index (χ2v) is 5.26. The van der Waals surface area contributed by atoms with Gasteiger partial charge in [0.05, 0.1) is 12.6 Å². The van der Waals surface area contributed by atoms with E-state index in [4.69, 9.17) is 4.74 Å². The molecule has 0 bridgehead atoms. The van der Waals surface area contributed by atoms with Crippen LogP contribution < -0.4 is 5.32 Å². The Balaban J connectivity index is 2.64. The highest BCUT2D eigenvalue weighted by molar-refractivity contribution is 5.92. The lowest BCUT2D eigenvalue weighted by Crippen LogP contribution is -2.42. The summed E-state index contributed by atoms with van der Waals surface area (Å²) in [5.41, 5.74) is 0.454. The van der Waals surface area contributed by atoms with Gasteiger partial charge in [-0.15, -0.1) is 0 Å². The second-order valence-electron chi connectivity index (χ2n) is 5.26. The lowest BCUT2D eigenvalue weighted by Gasteiger charge is -2.21. The Bertz CT molecular complexity index is 399. The molecule has 1 atom stereocenters. The molecular formula is C14H25N3O2. The number of ether oxygens (including phenoxy) is 1. The summed E-state index contributed by atoms with van der Waals surface area (Å²) in [5.74, 6) is 0.181. The number of hydrogen-bond acceptors (Lipinski definition) is 3. The number of hydrogen-bond donors (Lipinski definition) is 1. The summed E-state index contributed by atoms with van der Waals surface area (Å²) in [7, 11) is 0. The molecule has 0 saturated carbocycles.